The lowest BCUT2D eigenvalue weighted by Gasteiger charge is -2.06. The first-order chi connectivity index (χ1) is 12.0. The molecule has 0 saturated heterocycles. The fourth-order valence-corrected chi connectivity index (χ4v) is 2.26. The van der Waals surface area contributed by atoms with Gasteiger partial charge in [-0.25, -0.2) is 4.79 Å². The van der Waals surface area contributed by atoms with Crippen molar-refractivity contribution in [2.45, 2.75) is 6.92 Å². The Kier molecular flexibility index (Phi) is 4.81. The van der Waals surface area contributed by atoms with Crippen molar-refractivity contribution in [1.82, 2.24) is 0 Å². The molecule has 1 N–H and O–H groups in total. The molecule has 0 unspecified atom stereocenters. The van der Waals surface area contributed by atoms with Gasteiger partial charge in [-0.1, -0.05) is 29.8 Å². The second-order valence-electron chi connectivity index (χ2n) is 5.14. The van der Waals surface area contributed by atoms with Gasteiger partial charge < -0.3 is 14.6 Å². The number of carbonyl (C=O) groups is 2. The summed E-state index contributed by atoms with van der Waals surface area (Å²) in [4.78, 5) is 28.2. The van der Waals surface area contributed by atoms with Gasteiger partial charge in [0.05, 0.1) is 0 Å². The number of fused-ring (bicyclic) bond motifs is 1. The third kappa shape index (κ3) is 4.05. The summed E-state index contributed by atoms with van der Waals surface area (Å²) in [6.07, 6.45) is 0. The second-order valence-corrected chi connectivity index (χ2v) is 5.57. The Labute approximate surface area is 147 Å². The zero-order chi connectivity index (χ0) is 17.8. The average molecular weight is 357 g/mol. The first-order valence-electron chi connectivity index (χ1n) is 7.34. The zero-order valence-electron chi connectivity index (χ0n) is 13.2. The standard InChI is InChI=1S/C18H13ClN2O4/c1-11(22)25-21-18-15(10-12-4-2-3-5-16(12)24-18)17(23)20-14-8-6-13(19)7-9-14/h2-10H,1H3,(H,20,23)/b21-18+. The predicted octanol–water partition coefficient (Wildman–Crippen LogP) is 3.72. The number of nitrogens with zero attached hydrogens (tertiary/aromatic N) is 1. The van der Waals surface area contributed by atoms with Crippen molar-refractivity contribution in [3.63, 3.8) is 0 Å². The molecule has 3 aromatic rings. The number of halogens is 1. The van der Waals surface area contributed by atoms with Gasteiger partial charge >= 0.3 is 5.97 Å². The zero-order valence-corrected chi connectivity index (χ0v) is 13.9. The molecule has 1 aromatic heterocycles. The smallest absolute Gasteiger partial charge is 0.332 e. The molecular formula is C18H13ClN2O4. The molecule has 1 amide bonds. The maximum absolute atomic E-state index is 12.6. The fraction of sp³-hybridized carbons (Fsp3) is 0.0556. The van der Waals surface area contributed by atoms with Crippen molar-refractivity contribution >= 4 is 40.1 Å². The average Bonchev–Trinajstić information content (AvgIpc) is 2.61. The van der Waals surface area contributed by atoms with Crippen molar-refractivity contribution in [3.8, 4) is 0 Å². The maximum Gasteiger partial charge on any atom is 0.332 e. The van der Waals surface area contributed by atoms with Crippen LogP contribution in [0, 0.1) is 0 Å². The summed E-state index contributed by atoms with van der Waals surface area (Å²) in [7, 11) is 0. The molecular weight excluding hydrogens is 344 g/mol. The molecule has 0 saturated carbocycles. The number of anilines is 1. The van der Waals surface area contributed by atoms with Gasteiger partial charge in [-0.15, -0.1) is 0 Å². The Hall–Kier alpha value is -3.12. The normalized spacial score (nSPS) is 11.4. The monoisotopic (exact) mass is 356 g/mol. The topological polar surface area (TPSA) is 80.9 Å². The van der Waals surface area contributed by atoms with Crippen LogP contribution >= 0.6 is 11.6 Å². The molecule has 7 heteroatoms. The molecule has 0 aliphatic heterocycles. The first kappa shape index (κ1) is 16.7. The van der Waals surface area contributed by atoms with Crippen molar-refractivity contribution in [1.29, 1.82) is 0 Å². The molecule has 0 aliphatic rings. The van der Waals surface area contributed by atoms with E-state index in [0.29, 0.717) is 21.7 Å². The molecule has 126 valence electrons. The van der Waals surface area contributed by atoms with Crippen LogP contribution in [-0.2, 0) is 9.63 Å². The Morgan fingerprint density at radius 3 is 2.56 bits per heavy atom. The van der Waals surface area contributed by atoms with E-state index < -0.39 is 11.9 Å². The summed E-state index contributed by atoms with van der Waals surface area (Å²) in [6.45, 7) is 1.21. The lowest BCUT2D eigenvalue weighted by Crippen LogP contribution is -2.22. The maximum atomic E-state index is 12.6. The summed E-state index contributed by atoms with van der Waals surface area (Å²) in [6, 6.07) is 15.4. The van der Waals surface area contributed by atoms with Crippen LogP contribution in [-0.4, -0.2) is 11.9 Å². The first-order valence-corrected chi connectivity index (χ1v) is 7.72. The number of rotatable bonds is 3. The molecule has 1 heterocycles. The van der Waals surface area contributed by atoms with Gasteiger partial charge in [-0.2, -0.15) is 0 Å². The summed E-state index contributed by atoms with van der Waals surface area (Å²) in [5.41, 5.74) is 1.10. The molecule has 0 aliphatic carbocycles. The Balaban J connectivity index is 2.04. The van der Waals surface area contributed by atoms with Crippen LogP contribution in [0.4, 0.5) is 5.69 Å². The third-order valence-electron chi connectivity index (χ3n) is 3.26. The van der Waals surface area contributed by atoms with E-state index in [0.717, 1.165) is 0 Å². The van der Waals surface area contributed by atoms with Gasteiger partial charge in [0.15, 0.2) is 0 Å². The number of amides is 1. The van der Waals surface area contributed by atoms with Crippen molar-refractivity contribution in [2.24, 2.45) is 5.16 Å². The number of hydrogen-bond acceptors (Lipinski definition) is 5. The van der Waals surface area contributed by atoms with Crippen LogP contribution in [0.25, 0.3) is 11.0 Å². The van der Waals surface area contributed by atoms with Gasteiger partial charge in [0.1, 0.15) is 11.1 Å². The Morgan fingerprint density at radius 1 is 1.12 bits per heavy atom. The van der Waals surface area contributed by atoms with E-state index in [9.17, 15) is 9.59 Å². The highest BCUT2D eigenvalue weighted by Gasteiger charge is 2.13. The summed E-state index contributed by atoms with van der Waals surface area (Å²) in [5.74, 6) is -1.07. The number of hydrogen-bond donors (Lipinski definition) is 1. The third-order valence-corrected chi connectivity index (χ3v) is 3.51. The van der Waals surface area contributed by atoms with Gasteiger partial charge in [0.25, 0.3) is 11.5 Å². The minimum atomic E-state index is -0.618. The minimum Gasteiger partial charge on any atom is -0.435 e. The second kappa shape index (κ2) is 7.19. The Morgan fingerprint density at radius 2 is 1.84 bits per heavy atom. The van der Waals surface area contributed by atoms with Crippen molar-refractivity contribution in [2.75, 3.05) is 5.32 Å². The molecule has 25 heavy (non-hydrogen) atoms. The fourth-order valence-electron chi connectivity index (χ4n) is 2.14. The van der Waals surface area contributed by atoms with Crippen LogP contribution in [0.5, 0.6) is 0 Å². The van der Waals surface area contributed by atoms with Gasteiger partial charge in [-0.3, -0.25) is 4.79 Å². The van der Waals surface area contributed by atoms with Crippen LogP contribution in [0.1, 0.15) is 17.3 Å². The highest BCUT2D eigenvalue weighted by Crippen LogP contribution is 2.16. The minimum absolute atomic E-state index is 0.0969. The Bertz CT molecular complexity index is 1010. The molecule has 0 bridgehead atoms. The molecule has 0 atom stereocenters. The molecule has 3 rings (SSSR count). The van der Waals surface area contributed by atoms with E-state index in [1.54, 1.807) is 48.5 Å². The van der Waals surface area contributed by atoms with E-state index in [2.05, 4.69) is 15.3 Å². The van der Waals surface area contributed by atoms with Crippen LogP contribution in [0.3, 0.4) is 0 Å². The molecule has 0 fully saturated rings. The number of nitrogens with one attached hydrogen (secondary N) is 1. The SMILES string of the molecule is CC(=O)O/N=c1/oc2ccccc2cc1C(=O)Nc1ccc(Cl)cc1. The van der Waals surface area contributed by atoms with Gasteiger partial charge in [0, 0.05) is 23.0 Å². The van der Waals surface area contributed by atoms with Crippen LogP contribution in [0.2, 0.25) is 5.02 Å². The molecule has 2 aromatic carbocycles. The van der Waals surface area contributed by atoms with E-state index in [4.69, 9.17) is 16.0 Å². The number of benzene rings is 2. The van der Waals surface area contributed by atoms with Gasteiger partial charge in [0.2, 0.25) is 0 Å². The summed E-state index contributed by atoms with van der Waals surface area (Å²) < 4.78 is 5.60. The number of carbonyl (C=O) groups excluding carboxylic acids is 2. The molecule has 6 nitrogen and oxygen atoms in total. The van der Waals surface area contributed by atoms with Crippen LogP contribution < -0.4 is 10.9 Å². The van der Waals surface area contributed by atoms with E-state index in [1.807, 2.05) is 6.07 Å². The summed E-state index contributed by atoms with van der Waals surface area (Å²) in [5, 5.41) is 7.63. The summed E-state index contributed by atoms with van der Waals surface area (Å²) >= 11 is 5.84. The molecule has 0 spiro atoms. The predicted molar refractivity (Wildman–Crippen MR) is 92.9 cm³/mol. The van der Waals surface area contributed by atoms with E-state index in [1.165, 1.54) is 6.92 Å². The number of para-hydroxylation sites is 1. The highest BCUT2D eigenvalue weighted by atomic mass is 35.5. The largest absolute Gasteiger partial charge is 0.435 e. The quantitative estimate of drug-likeness (QED) is 0.573. The highest BCUT2D eigenvalue weighted by molar-refractivity contribution is 6.30. The van der Waals surface area contributed by atoms with E-state index >= 15 is 0 Å². The lowest BCUT2D eigenvalue weighted by molar-refractivity contribution is -0.141. The van der Waals surface area contributed by atoms with E-state index in [-0.39, 0.29) is 11.1 Å². The van der Waals surface area contributed by atoms with Crippen molar-refractivity contribution < 1.29 is 18.8 Å². The lowest BCUT2D eigenvalue weighted by atomic mass is 10.1. The van der Waals surface area contributed by atoms with Crippen molar-refractivity contribution in [3.05, 3.63) is 70.7 Å². The van der Waals surface area contributed by atoms with Crippen LogP contribution in [0.15, 0.2) is 64.2 Å². The van der Waals surface area contributed by atoms with Gasteiger partial charge in [-0.05, 0) is 41.6 Å². The molecule has 0 radical (unpaired) electrons.